The number of phenols is 1. The number of unbranched alkanes of at least 4 members (excludes halogenated alkanes) is 2. The maximum atomic E-state index is 15.0. The average molecular weight is 755 g/mol. The van der Waals surface area contributed by atoms with Gasteiger partial charge in [0.05, 0.1) is 30.1 Å². The zero-order valence-electron chi connectivity index (χ0n) is 31.2. The van der Waals surface area contributed by atoms with E-state index in [1.54, 1.807) is 29.2 Å². The van der Waals surface area contributed by atoms with Crippen LogP contribution in [0.5, 0.6) is 11.5 Å². The lowest BCUT2D eigenvalue weighted by molar-refractivity contribution is -0.168. The fraction of sp³-hybridized carbons (Fsp3) is 0.465. The van der Waals surface area contributed by atoms with E-state index in [-0.39, 0.29) is 41.5 Å². The van der Waals surface area contributed by atoms with Gasteiger partial charge in [0.15, 0.2) is 11.6 Å². The Balaban J connectivity index is 0.831. The molecule has 2 bridgehead atoms. The van der Waals surface area contributed by atoms with Crippen molar-refractivity contribution in [3.8, 4) is 11.5 Å². The third-order valence-corrected chi connectivity index (χ3v) is 11.8. The second-order valence-electron chi connectivity index (χ2n) is 15.3. The van der Waals surface area contributed by atoms with E-state index in [1.807, 2.05) is 30.3 Å². The molecule has 55 heavy (non-hydrogen) atoms. The molecule has 1 amide bonds. The van der Waals surface area contributed by atoms with Gasteiger partial charge in [-0.05, 0) is 111 Å². The van der Waals surface area contributed by atoms with Gasteiger partial charge in [-0.15, -0.1) is 0 Å². The first-order valence-corrected chi connectivity index (χ1v) is 19.6. The van der Waals surface area contributed by atoms with Crippen LogP contribution in [0.3, 0.4) is 0 Å². The largest absolute Gasteiger partial charge is 0.506 e. The van der Waals surface area contributed by atoms with Gasteiger partial charge >= 0.3 is 5.97 Å². The van der Waals surface area contributed by atoms with Crippen LogP contribution < -0.4 is 15.6 Å². The molecule has 292 valence electrons. The fourth-order valence-corrected chi connectivity index (χ4v) is 8.47. The topological polar surface area (TPSA) is 144 Å². The predicted octanol–water partition coefficient (Wildman–Crippen LogP) is 4.99. The van der Waals surface area contributed by atoms with Crippen LogP contribution in [-0.4, -0.2) is 95.4 Å². The Hall–Kier alpha value is -4.78. The van der Waals surface area contributed by atoms with Crippen molar-refractivity contribution in [3.05, 3.63) is 106 Å². The number of aliphatic hydroxyl groups excluding tert-OH is 1. The van der Waals surface area contributed by atoms with Crippen molar-refractivity contribution >= 4 is 22.8 Å². The van der Waals surface area contributed by atoms with Crippen molar-refractivity contribution in [3.63, 3.8) is 0 Å². The molecular formula is C43H51FN4O7. The molecule has 2 atom stereocenters. The number of rotatable bonds is 15. The maximum Gasteiger partial charge on any atom is 0.317 e. The Morgan fingerprint density at radius 3 is 2.47 bits per heavy atom. The molecule has 0 spiro atoms. The van der Waals surface area contributed by atoms with Gasteiger partial charge < -0.3 is 34.9 Å². The smallest absolute Gasteiger partial charge is 0.317 e. The van der Waals surface area contributed by atoms with E-state index in [2.05, 4.69) is 15.2 Å². The van der Waals surface area contributed by atoms with E-state index in [9.17, 15) is 24.6 Å². The number of hydrogen-bond acceptors (Lipinski definition) is 9. The molecule has 11 nitrogen and oxygen atoms in total. The van der Waals surface area contributed by atoms with E-state index < -0.39 is 17.3 Å². The summed E-state index contributed by atoms with van der Waals surface area (Å²) in [6.07, 6.45) is 4.61. The number of likely N-dealkylation sites (tertiary alicyclic amines) is 1. The zero-order chi connectivity index (χ0) is 38.4. The second-order valence-corrected chi connectivity index (χ2v) is 15.3. The van der Waals surface area contributed by atoms with Gasteiger partial charge in [-0.3, -0.25) is 19.3 Å². The molecule has 4 N–H and O–H groups in total. The van der Waals surface area contributed by atoms with Crippen LogP contribution >= 0.6 is 0 Å². The minimum Gasteiger partial charge on any atom is -0.506 e. The summed E-state index contributed by atoms with van der Waals surface area (Å²) in [4.78, 5) is 45.8. The van der Waals surface area contributed by atoms with Crippen molar-refractivity contribution in [2.75, 3.05) is 52.4 Å². The molecule has 12 heteroatoms. The first-order valence-electron chi connectivity index (χ1n) is 19.6. The molecule has 8 rings (SSSR count). The standard InChI is InChI=1S/C43H51FN4O7/c44-34-25-29(9-13-37(34)54-24-6-2-5-19-45-27-36(50)32-10-12-35(49)41-33(32)11-14-39(51)46-41)26-40(52)48-22-17-43(18-23-48,31-7-3-1-4-8-31)42(53)55-38-28-47-20-15-30(38)16-21-47/h1,3-4,7-14,25,30,36,38,45,49-50H,2,5-6,15-24,26-28H2,(H,46,51)/t36-,38-/m0/s1. The van der Waals surface area contributed by atoms with Crippen LogP contribution in [0.25, 0.3) is 10.9 Å². The van der Waals surface area contributed by atoms with Crippen molar-refractivity contribution in [2.45, 2.75) is 69.0 Å². The molecule has 4 fully saturated rings. The number of pyridine rings is 1. The second kappa shape index (κ2) is 17.3. The number of benzene rings is 3. The molecule has 1 aromatic heterocycles. The molecule has 3 aromatic carbocycles. The Labute approximate surface area is 320 Å². The summed E-state index contributed by atoms with van der Waals surface area (Å²) in [7, 11) is 0. The average Bonchev–Trinajstić information content (AvgIpc) is 3.20. The van der Waals surface area contributed by atoms with Gasteiger partial charge in [0.25, 0.3) is 0 Å². The number of H-pyrrole nitrogens is 1. The summed E-state index contributed by atoms with van der Waals surface area (Å²) in [6, 6.07) is 20.5. The molecule has 0 saturated carbocycles. The molecule has 5 heterocycles. The molecule has 4 aromatic rings. The number of nitrogens with one attached hydrogen (secondary N) is 2. The lowest BCUT2D eigenvalue weighted by Gasteiger charge is -2.46. The normalized spacial score (nSPS) is 21.0. The molecule has 4 aliphatic rings. The highest BCUT2D eigenvalue weighted by Crippen LogP contribution is 2.39. The first-order chi connectivity index (χ1) is 26.7. The number of aliphatic hydroxyl groups is 1. The van der Waals surface area contributed by atoms with Crippen molar-refractivity contribution in [1.29, 1.82) is 0 Å². The van der Waals surface area contributed by atoms with E-state index in [0.29, 0.717) is 80.0 Å². The first kappa shape index (κ1) is 38.5. The molecule has 4 aliphatic heterocycles. The van der Waals surface area contributed by atoms with Crippen molar-refractivity contribution in [1.82, 2.24) is 20.1 Å². The third-order valence-electron chi connectivity index (χ3n) is 11.8. The maximum absolute atomic E-state index is 15.0. The number of fused-ring (bicyclic) bond motifs is 4. The number of aromatic nitrogens is 1. The van der Waals surface area contributed by atoms with Gasteiger partial charge in [-0.2, -0.15) is 0 Å². The summed E-state index contributed by atoms with van der Waals surface area (Å²) in [5.41, 5.74) is 1.27. The Kier molecular flexibility index (Phi) is 12.1. The highest BCUT2D eigenvalue weighted by molar-refractivity contribution is 5.87. The number of piperidine rings is 4. The zero-order valence-corrected chi connectivity index (χ0v) is 31.2. The predicted molar refractivity (Wildman–Crippen MR) is 206 cm³/mol. The molecule has 0 unspecified atom stereocenters. The van der Waals surface area contributed by atoms with Crippen LogP contribution in [0, 0.1) is 11.7 Å². The van der Waals surface area contributed by atoms with Crippen molar-refractivity contribution < 1.29 is 33.7 Å². The molecule has 0 aliphatic carbocycles. The van der Waals surface area contributed by atoms with Crippen LogP contribution in [0.4, 0.5) is 4.39 Å². The van der Waals surface area contributed by atoms with E-state index in [4.69, 9.17) is 9.47 Å². The minimum absolute atomic E-state index is 0.0512. The number of hydrogen-bond donors (Lipinski definition) is 4. The number of amides is 1. The Morgan fingerprint density at radius 2 is 1.75 bits per heavy atom. The van der Waals surface area contributed by atoms with E-state index >= 15 is 4.39 Å². The van der Waals surface area contributed by atoms with Crippen LogP contribution in [0.15, 0.2) is 77.6 Å². The SMILES string of the molecule is O=C(Cc1ccc(OCCCCCNC[C@H](O)c2ccc(O)c3[nH]c(=O)ccc23)c(F)c1)N1CCC(C(=O)O[C@H]2CN3CCC2CC3)(c2ccccc2)CC1. The minimum atomic E-state index is -0.826. The number of halogens is 1. The number of carbonyl (C=O) groups excluding carboxylic acids is 2. The summed E-state index contributed by atoms with van der Waals surface area (Å²) in [6.45, 7) is 5.09. The Morgan fingerprint density at radius 1 is 0.964 bits per heavy atom. The number of carbonyl (C=O) groups is 2. The van der Waals surface area contributed by atoms with Gasteiger partial charge in [0, 0.05) is 37.6 Å². The van der Waals surface area contributed by atoms with Gasteiger partial charge in [-0.1, -0.05) is 42.5 Å². The number of nitrogens with zero attached hydrogens (tertiary/aromatic N) is 2. The number of phenolic OH excluding ortho intramolecular Hbond substituents is 1. The lowest BCUT2D eigenvalue weighted by Crippen LogP contribution is -2.55. The number of aromatic hydroxyl groups is 1. The van der Waals surface area contributed by atoms with Crippen LogP contribution in [0.2, 0.25) is 0 Å². The molecule has 0 radical (unpaired) electrons. The number of ether oxygens (including phenoxy) is 2. The molecular weight excluding hydrogens is 703 g/mol. The fourth-order valence-electron chi connectivity index (χ4n) is 8.47. The van der Waals surface area contributed by atoms with Gasteiger partial charge in [0.1, 0.15) is 11.9 Å². The highest BCUT2D eigenvalue weighted by atomic mass is 19.1. The van der Waals surface area contributed by atoms with E-state index in [0.717, 1.165) is 50.9 Å². The van der Waals surface area contributed by atoms with Gasteiger partial charge in [0.2, 0.25) is 11.5 Å². The highest BCUT2D eigenvalue weighted by Gasteiger charge is 2.47. The third kappa shape index (κ3) is 8.87. The lowest BCUT2D eigenvalue weighted by atomic mass is 9.72. The van der Waals surface area contributed by atoms with Gasteiger partial charge in [-0.25, -0.2) is 4.39 Å². The summed E-state index contributed by atoms with van der Waals surface area (Å²) < 4.78 is 27.0. The summed E-state index contributed by atoms with van der Waals surface area (Å²) in [5.74, 6) is -0.287. The Bertz CT molecular complexity index is 2010. The van der Waals surface area contributed by atoms with Crippen LogP contribution in [-0.2, 0) is 26.2 Å². The van der Waals surface area contributed by atoms with E-state index in [1.165, 1.54) is 18.2 Å². The summed E-state index contributed by atoms with van der Waals surface area (Å²) in [5, 5.41) is 24.6. The monoisotopic (exact) mass is 754 g/mol. The molecule has 4 saturated heterocycles. The van der Waals surface area contributed by atoms with Crippen LogP contribution in [0.1, 0.15) is 67.7 Å². The van der Waals surface area contributed by atoms with Crippen molar-refractivity contribution in [2.24, 2.45) is 5.92 Å². The number of esters is 1. The summed E-state index contributed by atoms with van der Waals surface area (Å²) >= 11 is 0. The quantitative estimate of drug-likeness (QED) is 0.0976. The number of aromatic amines is 1.